The van der Waals surface area contributed by atoms with Gasteiger partial charge in [0.15, 0.2) is 6.10 Å². The van der Waals surface area contributed by atoms with Crippen LogP contribution in [0.2, 0.25) is 0 Å². The second-order valence-corrected chi connectivity index (χ2v) is 5.75. The second-order valence-electron chi connectivity index (χ2n) is 5.75. The topological polar surface area (TPSA) is 47.6 Å². The highest BCUT2D eigenvalue weighted by molar-refractivity contribution is 5.94. The summed E-state index contributed by atoms with van der Waals surface area (Å²) in [6, 6.07) is 14.0. The Kier molecular flexibility index (Phi) is 5.02. The van der Waals surface area contributed by atoms with Gasteiger partial charge in [-0.05, 0) is 54.1 Å². The minimum absolute atomic E-state index is 0.102. The standard InChI is InChI=1S/C20H17F2NO3/c1-12(20(24)23-19-8-5-15(21)11-18(19)22)26-17-7-4-13-3-6-16(25-2)9-14(13)10-17/h3-12H,1-2H3,(H,23,24)/t12-/m0/s1. The van der Waals surface area contributed by atoms with Crippen LogP contribution in [0.4, 0.5) is 14.5 Å². The molecule has 1 atom stereocenters. The van der Waals surface area contributed by atoms with E-state index in [4.69, 9.17) is 9.47 Å². The lowest BCUT2D eigenvalue weighted by Crippen LogP contribution is -2.30. The minimum atomic E-state index is -0.873. The zero-order valence-electron chi connectivity index (χ0n) is 14.3. The van der Waals surface area contributed by atoms with Crippen LogP contribution in [0.5, 0.6) is 11.5 Å². The smallest absolute Gasteiger partial charge is 0.265 e. The summed E-state index contributed by atoms with van der Waals surface area (Å²) in [6.07, 6.45) is -0.873. The van der Waals surface area contributed by atoms with Crippen molar-refractivity contribution in [2.75, 3.05) is 12.4 Å². The molecule has 26 heavy (non-hydrogen) atoms. The fourth-order valence-electron chi connectivity index (χ4n) is 2.49. The maximum Gasteiger partial charge on any atom is 0.265 e. The summed E-state index contributed by atoms with van der Waals surface area (Å²) in [4.78, 5) is 12.2. The van der Waals surface area contributed by atoms with Gasteiger partial charge in [-0.3, -0.25) is 4.79 Å². The number of anilines is 1. The molecule has 0 unspecified atom stereocenters. The van der Waals surface area contributed by atoms with Crippen LogP contribution in [0.3, 0.4) is 0 Å². The molecule has 1 amide bonds. The summed E-state index contributed by atoms with van der Waals surface area (Å²) >= 11 is 0. The van der Waals surface area contributed by atoms with Crippen molar-refractivity contribution in [3.8, 4) is 11.5 Å². The maximum absolute atomic E-state index is 13.6. The first-order valence-corrected chi connectivity index (χ1v) is 7.96. The van der Waals surface area contributed by atoms with Crippen LogP contribution in [0, 0.1) is 11.6 Å². The van der Waals surface area contributed by atoms with Crippen molar-refractivity contribution in [1.29, 1.82) is 0 Å². The van der Waals surface area contributed by atoms with Crippen molar-refractivity contribution in [3.05, 3.63) is 66.2 Å². The summed E-state index contributed by atoms with van der Waals surface area (Å²) in [5.74, 6) is -0.888. The number of methoxy groups -OCH3 is 1. The van der Waals surface area contributed by atoms with Gasteiger partial charge in [0.25, 0.3) is 5.91 Å². The Morgan fingerprint density at radius 1 is 0.962 bits per heavy atom. The third-order valence-electron chi connectivity index (χ3n) is 3.89. The van der Waals surface area contributed by atoms with E-state index < -0.39 is 23.6 Å². The number of ether oxygens (including phenoxy) is 2. The molecule has 3 rings (SSSR count). The zero-order valence-corrected chi connectivity index (χ0v) is 14.3. The number of carbonyl (C=O) groups excluding carboxylic acids is 1. The number of benzene rings is 3. The van der Waals surface area contributed by atoms with Gasteiger partial charge in [0, 0.05) is 6.07 Å². The normalized spacial score (nSPS) is 11.8. The Morgan fingerprint density at radius 3 is 2.35 bits per heavy atom. The van der Waals surface area contributed by atoms with Crippen molar-refractivity contribution >= 4 is 22.4 Å². The molecule has 0 radical (unpaired) electrons. The molecule has 0 saturated heterocycles. The van der Waals surface area contributed by atoms with Crippen LogP contribution < -0.4 is 14.8 Å². The van der Waals surface area contributed by atoms with E-state index in [1.165, 1.54) is 0 Å². The van der Waals surface area contributed by atoms with Gasteiger partial charge in [-0.2, -0.15) is 0 Å². The lowest BCUT2D eigenvalue weighted by atomic mass is 10.1. The molecule has 6 heteroatoms. The van der Waals surface area contributed by atoms with Crippen molar-refractivity contribution < 1.29 is 23.0 Å². The quantitative estimate of drug-likeness (QED) is 0.730. The molecule has 0 aromatic heterocycles. The number of amides is 1. The number of rotatable bonds is 5. The lowest BCUT2D eigenvalue weighted by molar-refractivity contribution is -0.122. The third-order valence-corrected chi connectivity index (χ3v) is 3.89. The Bertz CT molecular complexity index is 959. The fourth-order valence-corrected chi connectivity index (χ4v) is 2.49. The zero-order chi connectivity index (χ0) is 18.7. The highest BCUT2D eigenvalue weighted by Crippen LogP contribution is 2.25. The molecule has 0 aliphatic rings. The Morgan fingerprint density at radius 2 is 1.65 bits per heavy atom. The van der Waals surface area contributed by atoms with Crippen molar-refractivity contribution in [3.63, 3.8) is 0 Å². The first-order chi connectivity index (χ1) is 12.5. The third kappa shape index (κ3) is 3.91. The molecule has 3 aromatic carbocycles. The van der Waals surface area contributed by atoms with Crippen molar-refractivity contribution in [2.45, 2.75) is 13.0 Å². The van der Waals surface area contributed by atoms with Gasteiger partial charge >= 0.3 is 0 Å². The molecule has 1 N–H and O–H groups in total. The summed E-state index contributed by atoms with van der Waals surface area (Å²) in [7, 11) is 1.59. The lowest BCUT2D eigenvalue weighted by Gasteiger charge is -2.15. The number of carbonyl (C=O) groups is 1. The number of fused-ring (bicyclic) bond motifs is 1. The summed E-state index contributed by atoms with van der Waals surface area (Å²) < 4.78 is 37.4. The molecular weight excluding hydrogens is 340 g/mol. The van der Waals surface area contributed by atoms with E-state index in [0.717, 1.165) is 22.9 Å². The van der Waals surface area contributed by atoms with E-state index in [1.807, 2.05) is 24.3 Å². The van der Waals surface area contributed by atoms with E-state index >= 15 is 0 Å². The Hall–Kier alpha value is -3.15. The van der Waals surface area contributed by atoms with Crippen molar-refractivity contribution in [2.24, 2.45) is 0 Å². The molecule has 3 aromatic rings. The maximum atomic E-state index is 13.6. The van der Waals surface area contributed by atoms with Crippen molar-refractivity contribution in [1.82, 2.24) is 0 Å². The van der Waals surface area contributed by atoms with E-state index in [-0.39, 0.29) is 5.69 Å². The summed E-state index contributed by atoms with van der Waals surface area (Å²) in [5, 5.41) is 4.29. The molecule has 0 saturated carbocycles. The molecule has 4 nitrogen and oxygen atoms in total. The number of hydrogen-bond donors (Lipinski definition) is 1. The monoisotopic (exact) mass is 357 g/mol. The molecule has 0 spiro atoms. The number of halogens is 2. The first kappa shape index (κ1) is 17.7. The van der Waals surface area contributed by atoms with Gasteiger partial charge in [0.05, 0.1) is 12.8 Å². The SMILES string of the molecule is COc1ccc2ccc(O[C@@H](C)C(=O)Nc3ccc(F)cc3F)cc2c1. The van der Waals surface area contributed by atoms with Crippen LogP contribution in [0.25, 0.3) is 10.8 Å². The Balaban J connectivity index is 1.73. The molecule has 0 heterocycles. The molecule has 134 valence electrons. The molecular formula is C20H17F2NO3. The van der Waals surface area contributed by atoms with Gasteiger partial charge < -0.3 is 14.8 Å². The van der Waals surface area contributed by atoms with Gasteiger partial charge in [-0.15, -0.1) is 0 Å². The van der Waals surface area contributed by atoms with Crippen LogP contribution in [-0.4, -0.2) is 19.1 Å². The summed E-state index contributed by atoms with van der Waals surface area (Å²) in [6.45, 7) is 1.55. The molecule has 0 aliphatic carbocycles. The molecule has 0 aliphatic heterocycles. The van der Waals surface area contributed by atoms with Crippen LogP contribution >= 0.6 is 0 Å². The largest absolute Gasteiger partial charge is 0.497 e. The number of nitrogens with one attached hydrogen (secondary N) is 1. The van der Waals surface area contributed by atoms with Crippen LogP contribution in [0.1, 0.15) is 6.92 Å². The average Bonchev–Trinajstić information content (AvgIpc) is 2.63. The minimum Gasteiger partial charge on any atom is -0.497 e. The van der Waals surface area contributed by atoms with E-state index in [2.05, 4.69) is 5.32 Å². The molecule has 0 fully saturated rings. The predicted molar refractivity (Wildman–Crippen MR) is 95.6 cm³/mol. The van der Waals surface area contributed by atoms with Gasteiger partial charge in [-0.1, -0.05) is 12.1 Å². The Labute approximate surface area is 149 Å². The number of hydrogen-bond acceptors (Lipinski definition) is 3. The van der Waals surface area contributed by atoms with Crippen LogP contribution in [0.15, 0.2) is 54.6 Å². The fraction of sp³-hybridized carbons (Fsp3) is 0.150. The van der Waals surface area contributed by atoms with Gasteiger partial charge in [-0.25, -0.2) is 8.78 Å². The average molecular weight is 357 g/mol. The van der Waals surface area contributed by atoms with E-state index in [1.54, 1.807) is 26.2 Å². The highest BCUT2D eigenvalue weighted by Gasteiger charge is 2.17. The first-order valence-electron chi connectivity index (χ1n) is 7.96. The summed E-state index contributed by atoms with van der Waals surface area (Å²) in [5.41, 5.74) is -0.102. The van der Waals surface area contributed by atoms with E-state index in [9.17, 15) is 13.6 Å². The van der Waals surface area contributed by atoms with Gasteiger partial charge in [0.2, 0.25) is 0 Å². The second kappa shape index (κ2) is 7.39. The van der Waals surface area contributed by atoms with E-state index in [0.29, 0.717) is 17.6 Å². The highest BCUT2D eigenvalue weighted by atomic mass is 19.1. The predicted octanol–water partition coefficient (Wildman–Crippen LogP) is 4.53. The van der Waals surface area contributed by atoms with Gasteiger partial charge in [0.1, 0.15) is 23.1 Å². The molecule has 0 bridgehead atoms. The van der Waals surface area contributed by atoms with Crippen LogP contribution in [-0.2, 0) is 4.79 Å².